The van der Waals surface area contributed by atoms with Crippen LogP contribution < -0.4 is 0 Å². The lowest BCUT2D eigenvalue weighted by molar-refractivity contribution is -0.219. The number of hydrogen-bond donors (Lipinski definition) is 0. The van der Waals surface area contributed by atoms with E-state index in [0.717, 1.165) is 27.3 Å². The molecule has 0 N–H and O–H groups in total. The van der Waals surface area contributed by atoms with Crippen LogP contribution in [0.2, 0.25) is 0 Å². The molecule has 0 unspecified atom stereocenters. The monoisotopic (exact) mass is 345 g/mol. The summed E-state index contributed by atoms with van der Waals surface area (Å²) in [4.78, 5) is 30.6. The Morgan fingerprint density at radius 3 is 2.24 bits per heavy atom. The first-order valence-corrected chi connectivity index (χ1v) is 8.28. The smallest absolute Gasteiger partial charge is 0.334 e. The van der Waals surface area contributed by atoms with Gasteiger partial charge in [0.05, 0.1) is 13.0 Å². The molecule has 5 heteroatoms. The van der Waals surface area contributed by atoms with Crippen molar-refractivity contribution >= 4 is 11.9 Å². The molecule has 1 aromatic carbocycles. The van der Waals surface area contributed by atoms with E-state index in [1.54, 1.807) is 20.8 Å². The molecule has 0 aliphatic rings. The van der Waals surface area contributed by atoms with Crippen molar-refractivity contribution in [3.8, 4) is 12.3 Å². The van der Waals surface area contributed by atoms with E-state index in [9.17, 15) is 9.59 Å². The Hall–Kier alpha value is -2.32. The van der Waals surface area contributed by atoms with Crippen molar-refractivity contribution in [2.24, 2.45) is 0 Å². The van der Waals surface area contributed by atoms with Gasteiger partial charge in [-0.3, -0.25) is 9.63 Å². The number of amides is 1. The third-order valence-electron chi connectivity index (χ3n) is 3.95. The lowest BCUT2D eigenvalue weighted by atomic mass is 9.96. The van der Waals surface area contributed by atoms with Crippen molar-refractivity contribution in [3.05, 3.63) is 34.4 Å². The predicted octanol–water partition coefficient (Wildman–Crippen LogP) is 2.89. The van der Waals surface area contributed by atoms with Crippen molar-refractivity contribution in [3.63, 3.8) is 0 Å². The molecule has 1 aromatic rings. The molecule has 0 aromatic heterocycles. The molecular weight excluding hydrogens is 318 g/mol. The number of carbonyl (C=O) groups excluding carboxylic acids is 2. The summed E-state index contributed by atoms with van der Waals surface area (Å²) >= 11 is 0. The van der Waals surface area contributed by atoms with E-state index in [2.05, 4.69) is 5.92 Å². The SMILES string of the molecule is C#CCON(C(=O)Cc1c(C)cc(C)cc1C)C(C)(C)C(=O)OCC. The first kappa shape index (κ1) is 20.7. The minimum Gasteiger partial charge on any atom is -0.464 e. The van der Waals surface area contributed by atoms with Gasteiger partial charge in [0, 0.05) is 0 Å². The molecule has 25 heavy (non-hydrogen) atoms. The van der Waals surface area contributed by atoms with Gasteiger partial charge in [-0.1, -0.05) is 23.6 Å². The van der Waals surface area contributed by atoms with Crippen molar-refractivity contribution in [1.82, 2.24) is 5.06 Å². The van der Waals surface area contributed by atoms with Gasteiger partial charge in [-0.2, -0.15) is 0 Å². The second-order valence-electron chi connectivity index (χ2n) is 6.50. The lowest BCUT2D eigenvalue weighted by Crippen LogP contribution is -2.54. The maximum absolute atomic E-state index is 12.9. The highest BCUT2D eigenvalue weighted by Crippen LogP contribution is 2.22. The number of rotatable bonds is 7. The summed E-state index contributed by atoms with van der Waals surface area (Å²) in [6.45, 7) is 10.9. The van der Waals surface area contributed by atoms with Crippen LogP contribution in [0.1, 0.15) is 43.0 Å². The van der Waals surface area contributed by atoms with E-state index in [1.165, 1.54) is 0 Å². The molecule has 0 aliphatic carbocycles. The molecule has 5 nitrogen and oxygen atoms in total. The van der Waals surface area contributed by atoms with Gasteiger partial charge in [-0.05, 0) is 58.2 Å². The molecule has 0 fully saturated rings. The summed E-state index contributed by atoms with van der Waals surface area (Å²) in [7, 11) is 0. The van der Waals surface area contributed by atoms with Gasteiger partial charge in [-0.25, -0.2) is 9.86 Å². The molecule has 0 spiro atoms. The fraction of sp³-hybridized carbons (Fsp3) is 0.500. The molecule has 0 saturated carbocycles. The molecular formula is C20H27NO4. The highest BCUT2D eigenvalue weighted by Gasteiger charge is 2.40. The Balaban J connectivity index is 3.14. The second-order valence-corrected chi connectivity index (χ2v) is 6.50. The minimum absolute atomic E-state index is 0.111. The lowest BCUT2D eigenvalue weighted by Gasteiger charge is -2.34. The zero-order valence-corrected chi connectivity index (χ0v) is 15.9. The Morgan fingerprint density at radius 1 is 1.20 bits per heavy atom. The predicted molar refractivity (Wildman–Crippen MR) is 96.7 cm³/mol. The average molecular weight is 345 g/mol. The zero-order chi connectivity index (χ0) is 19.2. The van der Waals surface area contributed by atoms with Crippen molar-refractivity contribution in [2.75, 3.05) is 13.2 Å². The topological polar surface area (TPSA) is 55.8 Å². The summed E-state index contributed by atoms with van der Waals surface area (Å²) in [5.74, 6) is 1.43. The number of hydroxylamine groups is 2. The van der Waals surface area contributed by atoms with Crippen molar-refractivity contribution in [2.45, 2.75) is 53.5 Å². The Kier molecular flexibility index (Phi) is 7.20. The minimum atomic E-state index is -1.28. The van der Waals surface area contributed by atoms with Gasteiger partial charge in [0.15, 0.2) is 5.54 Å². The maximum atomic E-state index is 12.9. The van der Waals surface area contributed by atoms with Crippen LogP contribution in [0.4, 0.5) is 0 Å². The molecule has 136 valence electrons. The molecule has 0 aliphatic heterocycles. The van der Waals surface area contributed by atoms with Gasteiger partial charge in [0.2, 0.25) is 0 Å². The first-order chi connectivity index (χ1) is 11.6. The van der Waals surface area contributed by atoms with Crippen LogP contribution in [0.5, 0.6) is 0 Å². The van der Waals surface area contributed by atoms with E-state index in [0.29, 0.717) is 0 Å². The molecule has 1 rings (SSSR count). The van der Waals surface area contributed by atoms with Gasteiger partial charge in [0.1, 0.15) is 6.61 Å². The van der Waals surface area contributed by atoms with Gasteiger partial charge < -0.3 is 4.74 Å². The highest BCUT2D eigenvalue weighted by atomic mass is 16.7. The summed E-state index contributed by atoms with van der Waals surface area (Å²) in [5, 5.41) is 1.05. The quantitative estimate of drug-likeness (QED) is 0.433. The Morgan fingerprint density at radius 2 is 1.76 bits per heavy atom. The normalized spacial score (nSPS) is 10.9. The van der Waals surface area contributed by atoms with Crippen molar-refractivity contribution in [1.29, 1.82) is 0 Å². The molecule has 0 saturated heterocycles. The molecule has 1 amide bonds. The number of nitrogens with zero attached hydrogens (tertiary/aromatic N) is 1. The van der Waals surface area contributed by atoms with Crippen LogP contribution in [0.25, 0.3) is 0 Å². The largest absolute Gasteiger partial charge is 0.464 e. The van der Waals surface area contributed by atoms with E-state index in [-0.39, 0.29) is 25.5 Å². The van der Waals surface area contributed by atoms with E-state index in [1.807, 2.05) is 32.9 Å². The van der Waals surface area contributed by atoms with Crippen LogP contribution in [0, 0.1) is 33.1 Å². The second kappa shape index (κ2) is 8.68. The van der Waals surface area contributed by atoms with E-state index >= 15 is 0 Å². The number of esters is 1. The third-order valence-corrected chi connectivity index (χ3v) is 3.95. The number of carbonyl (C=O) groups is 2. The average Bonchev–Trinajstić information content (AvgIpc) is 2.51. The maximum Gasteiger partial charge on any atom is 0.334 e. The Labute approximate surface area is 150 Å². The number of terminal acetylenes is 1. The van der Waals surface area contributed by atoms with Crippen LogP contribution in [-0.2, 0) is 25.6 Å². The summed E-state index contributed by atoms with van der Waals surface area (Å²) in [6.07, 6.45) is 5.36. The molecule has 0 radical (unpaired) electrons. The standard InChI is InChI=1S/C20H27NO4/c1-8-10-25-21(20(6,7)19(23)24-9-2)18(22)13-17-15(4)11-14(3)12-16(17)5/h1,11-12H,9-10,13H2,2-7H3. The van der Waals surface area contributed by atoms with Gasteiger partial charge in [0.25, 0.3) is 5.91 Å². The van der Waals surface area contributed by atoms with Crippen LogP contribution in [0.3, 0.4) is 0 Å². The number of benzene rings is 1. The van der Waals surface area contributed by atoms with Crippen LogP contribution in [-0.4, -0.2) is 35.7 Å². The fourth-order valence-electron chi connectivity index (χ4n) is 2.75. The molecule has 0 bridgehead atoms. The summed E-state index contributed by atoms with van der Waals surface area (Å²) < 4.78 is 5.07. The summed E-state index contributed by atoms with van der Waals surface area (Å²) in [5.41, 5.74) is 2.83. The zero-order valence-electron chi connectivity index (χ0n) is 15.9. The Bertz CT molecular complexity index is 662. The fourth-order valence-corrected chi connectivity index (χ4v) is 2.75. The van der Waals surface area contributed by atoms with Gasteiger partial charge in [-0.15, -0.1) is 6.42 Å². The number of ether oxygens (including phenoxy) is 1. The van der Waals surface area contributed by atoms with Gasteiger partial charge >= 0.3 is 5.97 Å². The van der Waals surface area contributed by atoms with E-state index < -0.39 is 11.5 Å². The summed E-state index contributed by atoms with van der Waals surface area (Å²) in [6, 6.07) is 4.05. The highest BCUT2D eigenvalue weighted by molar-refractivity contribution is 5.87. The van der Waals surface area contributed by atoms with Crippen LogP contribution in [0.15, 0.2) is 12.1 Å². The number of hydrogen-bond acceptors (Lipinski definition) is 4. The van der Waals surface area contributed by atoms with Crippen LogP contribution >= 0.6 is 0 Å². The molecule has 0 atom stereocenters. The third kappa shape index (κ3) is 5.07. The van der Waals surface area contributed by atoms with Crippen molar-refractivity contribution < 1.29 is 19.2 Å². The molecule has 0 heterocycles. The first-order valence-electron chi connectivity index (χ1n) is 8.28. The number of aryl methyl sites for hydroxylation is 3. The van der Waals surface area contributed by atoms with E-state index in [4.69, 9.17) is 16.0 Å².